The summed E-state index contributed by atoms with van der Waals surface area (Å²) in [5.74, 6) is 0.803. The van der Waals surface area contributed by atoms with Gasteiger partial charge in [0.1, 0.15) is 0 Å². The molecule has 4 rings (SSSR count). The number of benzene rings is 1. The van der Waals surface area contributed by atoms with Crippen LogP contribution in [0.25, 0.3) is 0 Å². The fourth-order valence-corrected chi connectivity index (χ4v) is 4.07. The average molecular weight is 258 g/mol. The van der Waals surface area contributed by atoms with Crippen LogP contribution in [0.1, 0.15) is 35.9 Å². The van der Waals surface area contributed by atoms with Gasteiger partial charge in [-0.25, -0.2) is 0 Å². The van der Waals surface area contributed by atoms with Crippen molar-refractivity contribution in [3.05, 3.63) is 29.3 Å². The lowest BCUT2D eigenvalue weighted by Crippen LogP contribution is -2.37. The number of rotatable bonds is 1. The highest BCUT2D eigenvalue weighted by Gasteiger charge is 2.39. The van der Waals surface area contributed by atoms with Crippen LogP contribution in [0.3, 0.4) is 0 Å². The summed E-state index contributed by atoms with van der Waals surface area (Å²) in [6, 6.07) is 7.58. The Kier molecular flexibility index (Phi) is 2.78. The van der Waals surface area contributed by atoms with Crippen molar-refractivity contribution >= 4 is 5.69 Å². The highest BCUT2D eigenvalue weighted by Crippen LogP contribution is 2.51. The van der Waals surface area contributed by atoms with Crippen LogP contribution in [-0.2, 0) is 4.74 Å². The van der Waals surface area contributed by atoms with E-state index >= 15 is 0 Å². The van der Waals surface area contributed by atoms with E-state index in [2.05, 4.69) is 35.0 Å². The minimum atomic E-state index is 0.646. The molecule has 1 aliphatic carbocycles. The largest absolute Gasteiger partial charge is 0.378 e. The molecule has 2 heterocycles. The number of morpholine rings is 1. The van der Waals surface area contributed by atoms with E-state index in [1.165, 1.54) is 25.1 Å². The second kappa shape index (κ2) is 4.50. The third kappa shape index (κ3) is 1.79. The second-order valence-electron chi connectivity index (χ2n) is 6.10. The van der Waals surface area contributed by atoms with Crippen LogP contribution in [0.2, 0.25) is 0 Å². The lowest BCUT2D eigenvalue weighted by Gasteiger charge is -2.34. The predicted octanol–water partition coefficient (Wildman–Crippen LogP) is 2.39. The van der Waals surface area contributed by atoms with Gasteiger partial charge in [-0.3, -0.25) is 4.90 Å². The third-order valence-corrected chi connectivity index (χ3v) is 5.11. The number of ether oxygens (including phenoxy) is 1. The van der Waals surface area contributed by atoms with Crippen LogP contribution in [0.15, 0.2) is 18.2 Å². The number of hydrogen-bond acceptors (Lipinski definition) is 3. The zero-order chi connectivity index (χ0) is 12.8. The number of likely N-dealkylation sites (tertiary alicyclic amines) is 1. The molecule has 0 aromatic heterocycles. The van der Waals surface area contributed by atoms with Crippen molar-refractivity contribution in [3.63, 3.8) is 0 Å². The Morgan fingerprint density at radius 2 is 2.00 bits per heavy atom. The zero-order valence-corrected chi connectivity index (χ0v) is 11.6. The fraction of sp³-hybridized carbons (Fsp3) is 0.625. The fourth-order valence-electron chi connectivity index (χ4n) is 4.07. The molecule has 2 saturated heterocycles. The zero-order valence-electron chi connectivity index (χ0n) is 11.6. The molecule has 3 heteroatoms. The molecule has 0 radical (unpaired) electrons. The van der Waals surface area contributed by atoms with Gasteiger partial charge in [0, 0.05) is 24.8 Å². The normalized spacial score (nSPS) is 30.5. The van der Waals surface area contributed by atoms with E-state index < -0.39 is 0 Å². The molecule has 0 saturated carbocycles. The van der Waals surface area contributed by atoms with E-state index in [1.54, 1.807) is 11.1 Å². The second-order valence-corrected chi connectivity index (χ2v) is 6.10. The average Bonchev–Trinajstić information content (AvgIpc) is 2.79. The monoisotopic (exact) mass is 258 g/mol. The van der Waals surface area contributed by atoms with Crippen LogP contribution in [0, 0.1) is 0 Å². The minimum absolute atomic E-state index is 0.646. The standard InChI is InChI=1S/C16H22N2O/c1-17-6-5-12-11-15(17)16-13(12)3-2-4-14(16)18-7-9-19-10-8-18/h2-4,12,15H,5-11H2,1H3. The molecule has 102 valence electrons. The smallest absolute Gasteiger partial charge is 0.0642 e. The molecule has 3 nitrogen and oxygen atoms in total. The molecule has 2 atom stereocenters. The molecule has 1 aromatic rings. The van der Waals surface area contributed by atoms with Crippen molar-refractivity contribution in [2.75, 3.05) is 44.8 Å². The third-order valence-electron chi connectivity index (χ3n) is 5.11. The summed E-state index contributed by atoms with van der Waals surface area (Å²) in [5, 5.41) is 0. The van der Waals surface area contributed by atoms with Crippen molar-refractivity contribution < 1.29 is 4.74 Å². The predicted molar refractivity (Wildman–Crippen MR) is 76.8 cm³/mol. The summed E-state index contributed by atoms with van der Waals surface area (Å²) in [6.07, 6.45) is 2.65. The molecule has 19 heavy (non-hydrogen) atoms. The van der Waals surface area contributed by atoms with E-state index in [4.69, 9.17) is 4.74 Å². The Morgan fingerprint density at radius 3 is 2.84 bits per heavy atom. The van der Waals surface area contributed by atoms with Crippen molar-refractivity contribution in [1.82, 2.24) is 4.90 Å². The van der Waals surface area contributed by atoms with Crippen molar-refractivity contribution in [1.29, 1.82) is 0 Å². The van der Waals surface area contributed by atoms with Gasteiger partial charge in [-0.15, -0.1) is 0 Å². The number of hydrogen-bond donors (Lipinski definition) is 0. The Labute approximate surface area is 115 Å². The van der Waals surface area contributed by atoms with E-state index in [-0.39, 0.29) is 0 Å². The molecule has 3 aliphatic rings. The molecule has 1 aromatic carbocycles. The van der Waals surface area contributed by atoms with Gasteiger partial charge in [0.25, 0.3) is 0 Å². The Morgan fingerprint density at radius 1 is 1.16 bits per heavy atom. The van der Waals surface area contributed by atoms with Crippen molar-refractivity contribution in [3.8, 4) is 0 Å². The molecule has 2 aliphatic heterocycles. The van der Waals surface area contributed by atoms with Gasteiger partial charge in [0.2, 0.25) is 0 Å². The van der Waals surface area contributed by atoms with Crippen molar-refractivity contribution in [2.45, 2.75) is 24.8 Å². The van der Waals surface area contributed by atoms with Crippen LogP contribution in [-0.4, -0.2) is 44.8 Å². The number of nitrogens with zero attached hydrogens (tertiary/aromatic N) is 2. The maximum Gasteiger partial charge on any atom is 0.0642 e. The van der Waals surface area contributed by atoms with E-state index in [1.807, 2.05) is 0 Å². The maximum absolute atomic E-state index is 5.50. The number of anilines is 1. The molecule has 0 N–H and O–H groups in total. The minimum Gasteiger partial charge on any atom is -0.378 e. The van der Waals surface area contributed by atoms with E-state index in [0.717, 1.165) is 32.2 Å². The van der Waals surface area contributed by atoms with Gasteiger partial charge < -0.3 is 9.64 Å². The van der Waals surface area contributed by atoms with Gasteiger partial charge in [0.05, 0.1) is 13.2 Å². The van der Waals surface area contributed by atoms with Crippen LogP contribution in [0.5, 0.6) is 0 Å². The molecule has 2 bridgehead atoms. The van der Waals surface area contributed by atoms with E-state index in [0.29, 0.717) is 6.04 Å². The molecule has 2 unspecified atom stereocenters. The molecule has 0 spiro atoms. The highest BCUT2D eigenvalue weighted by atomic mass is 16.5. The van der Waals surface area contributed by atoms with Crippen LogP contribution >= 0.6 is 0 Å². The quantitative estimate of drug-likeness (QED) is 0.769. The summed E-state index contributed by atoms with van der Waals surface area (Å²) in [5.41, 5.74) is 4.72. The van der Waals surface area contributed by atoms with Gasteiger partial charge in [-0.2, -0.15) is 0 Å². The Balaban J connectivity index is 1.77. The number of piperidine rings is 1. The van der Waals surface area contributed by atoms with Gasteiger partial charge in [-0.1, -0.05) is 12.1 Å². The van der Waals surface area contributed by atoms with Crippen LogP contribution < -0.4 is 4.90 Å². The molecule has 0 amide bonds. The van der Waals surface area contributed by atoms with Crippen LogP contribution in [0.4, 0.5) is 5.69 Å². The first-order valence-electron chi connectivity index (χ1n) is 7.50. The summed E-state index contributed by atoms with van der Waals surface area (Å²) in [7, 11) is 2.28. The maximum atomic E-state index is 5.50. The van der Waals surface area contributed by atoms with E-state index in [9.17, 15) is 0 Å². The summed E-state index contributed by atoms with van der Waals surface area (Å²) >= 11 is 0. The van der Waals surface area contributed by atoms with Gasteiger partial charge in [0.15, 0.2) is 0 Å². The summed E-state index contributed by atoms with van der Waals surface area (Å²) in [6.45, 7) is 5.06. The summed E-state index contributed by atoms with van der Waals surface area (Å²) in [4.78, 5) is 5.07. The van der Waals surface area contributed by atoms with Crippen molar-refractivity contribution in [2.24, 2.45) is 0 Å². The first-order valence-corrected chi connectivity index (χ1v) is 7.50. The topological polar surface area (TPSA) is 15.7 Å². The highest BCUT2D eigenvalue weighted by molar-refractivity contribution is 5.61. The SMILES string of the molecule is CN1CCC2CC1c1c2cccc1N1CCOCC1. The Hall–Kier alpha value is -1.06. The summed E-state index contributed by atoms with van der Waals surface area (Å²) < 4.78 is 5.50. The lowest BCUT2D eigenvalue weighted by atomic mass is 9.96. The molecular weight excluding hydrogens is 236 g/mol. The first kappa shape index (κ1) is 11.7. The molecule has 2 fully saturated rings. The molecular formula is C16H22N2O. The lowest BCUT2D eigenvalue weighted by molar-refractivity contribution is 0.122. The first-order chi connectivity index (χ1) is 9.34. The van der Waals surface area contributed by atoms with Gasteiger partial charge in [-0.05, 0) is 49.5 Å². The van der Waals surface area contributed by atoms with Gasteiger partial charge >= 0.3 is 0 Å². The Bertz CT molecular complexity index is 482. The number of fused-ring (bicyclic) bond motifs is 5.